The van der Waals surface area contributed by atoms with Crippen LogP contribution in [0.25, 0.3) is 21.8 Å². The van der Waals surface area contributed by atoms with Crippen LogP contribution in [0.4, 0.5) is 11.5 Å². The molecule has 5 aromatic rings. The van der Waals surface area contributed by atoms with Crippen molar-refractivity contribution in [3.8, 4) is 5.75 Å². The Hall–Kier alpha value is -4.17. The van der Waals surface area contributed by atoms with Gasteiger partial charge in [-0.25, -0.2) is 4.98 Å². The summed E-state index contributed by atoms with van der Waals surface area (Å²) in [5.41, 5.74) is 4.10. The largest absolute Gasteiger partial charge is 0.495 e. The van der Waals surface area contributed by atoms with E-state index in [9.17, 15) is 0 Å². The van der Waals surface area contributed by atoms with E-state index in [0.717, 1.165) is 56.9 Å². The molecule has 0 saturated carbocycles. The molecule has 0 unspecified atom stereocenters. The molecular weight excluding hydrogens is 468 g/mol. The van der Waals surface area contributed by atoms with E-state index in [0.29, 0.717) is 5.75 Å². The van der Waals surface area contributed by atoms with Gasteiger partial charge in [0, 0.05) is 63.7 Å². The molecule has 2 aromatic carbocycles. The molecule has 0 bridgehead atoms. The van der Waals surface area contributed by atoms with Gasteiger partial charge in [-0.1, -0.05) is 36.0 Å². The van der Waals surface area contributed by atoms with Crippen molar-refractivity contribution in [2.24, 2.45) is 0 Å². The second-order valence-electron chi connectivity index (χ2n) is 8.48. The average Bonchev–Trinajstić information content (AvgIpc) is 2.94. The van der Waals surface area contributed by atoms with E-state index in [-0.39, 0.29) is 0 Å². The Morgan fingerprint density at radius 2 is 1.89 bits per heavy atom. The van der Waals surface area contributed by atoms with Crippen LogP contribution in [0.5, 0.6) is 5.75 Å². The van der Waals surface area contributed by atoms with E-state index in [1.54, 1.807) is 31.3 Å². The zero-order valence-corrected chi connectivity index (χ0v) is 20.6. The van der Waals surface area contributed by atoms with E-state index in [4.69, 9.17) is 4.74 Å². The lowest BCUT2D eigenvalue weighted by molar-refractivity contribution is 0.413. The van der Waals surface area contributed by atoms with Gasteiger partial charge in [0.15, 0.2) is 5.82 Å². The highest BCUT2D eigenvalue weighted by molar-refractivity contribution is 7.99. The molecule has 0 aliphatic carbocycles. The molecule has 0 spiro atoms. The van der Waals surface area contributed by atoms with Crippen LogP contribution in [-0.2, 0) is 0 Å². The van der Waals surface area contributed by atoms with Crippen molar-refractivity contribution < 1.29 is 4.74 Å². The quantitative estimate of drug-likeness (QED) is 0.312. The molecule has 36 heavy (non-hydrogen) atoms. The van der Waals surface area contributed by atoms with Gasteiger partial charge in [-0.15, -0.1) is 5.10 Å². The summed E-state index contributed by atoms with van der Waals surface area (Å²) in [4.78, 5) is 13.6. The van der Waals surface area contributed by atoms with Crippen LogP contribution in [-0.4, -0.2) is 40.4 Å². The van der Waals surface area contributed by atoms with Crippen LogP contribution in [0, 0.1) is 0 Å². The maximum atomic E-state index is 5.28. The van der Waals surface area contributed by atoms with Gasteiger partial charge >= 0.3 is 0 Å². The van der Waals surface area contributed by atoms with Gasteiger partial charge in [0.25, 0.3) is 0 Å². The number of aromatic nitrogens is 4. The Kier molecular flexibility index (Phi) is 6.09. The minimum Gasteiger partial charge on any atom is -0.495 e. The van der Waals surface area contributed by atoms with E-state index < -0.39 is 0 Å². The first-order chi connectivity index (χ1) is 17.8. The molecule has 4 heterocycles. The maximum Gasteiger partial charge on any atom is 0.160 e. The fraction of sp³-hybridized carbons (Fsp3) is 0.143. The van der Waals surface area contributed by atoms with Gasteiger partial charge in [0.1, 0.15) is 11.3 Å². The number of pyridine rings is 2. The van der Waals surface area contributed by atoms with Crippen molar-refractivity contribution in [2.45, 2.75) is 16.2 Å². The summed E-state index contributed by atoms with van der Waals surface area (Å²) in [7, 11) is 1.64. The van der Waals surface area contributed by atoms with Crippen molar-refractivity contribution in [2.75, 3.05) is 30.4 Å². The highest BCUT2D eigenvalue weighted by Crippen LogP contribution is 2.34. The molecule has 7 nitrogen and oxygen atoms in total. The van der Waals surface area contributed by atoms with Crippen molar-refractivity contribution in [3.63, 3.8) is 0 Å². The molecule has 1 aliphatic heterocycles. The molecule has 0 amide bonds. The Balaban J connectivity index is 1.13. The Morgan fingerprint density at radius 3 is 2.72 bits per heavy atom. The first-order valence-corrected chi connectivity index (χ1v) is 12.6. The lowest BCUT2D eigenvalue weighted by Crippen LogP contribution is -2.30. The molecule has 8 heteroatoms. The van der Waals surface area contributed by atoms with Crippen LogP contribution < -0.4 is 15.0 Å². The van der Waals surface area contributed by atoms with Crippen LogP contribution in [0.15, 0.2) is 101 Å². The molecular formula is C28H24N6OS. The Bertz CT molecular complexity index is 1570. The molecule has 6 rings (SSSR count). The van der Waals surface area contributed by atoms with Crippen LogP contribution in [0.2, 0.25) is 0 Å². The fourth-order valence-electron chi connectivity index (χ4n) is 4.32. The number of hydrogen-bond acceptors (Lipinski definition) is 8. The summed E-state index contributed by atoms with van der Waals surface area (Å²) in [6.07, 6.45) is 8.50. The van der Waals surface area contributed by atoms with Gasteiger partial charge in [-0.2, -0.15) is 5.10 Å². The number of nitrogens with zero attached hydrogens (tertiary/aromatic N) is 5. The third-order valence-electron chi connectivity index (χ3n) is 6.24. The average molecular weight is 493 g/mol. The predicted molar refractivity (Wildman–Crippen MR) is 145 cm³/mol. The van der Waals surface area contributed by atoms with Gasteiger partial charge in [0.05, 0.1) is 25.0 Å². The molecule has 0 fully saturated rings. The number of methoxy groups -OCH3 is 1. The van der Waals surface area contributed by atoms with Crippen molar-refractivity contribution in [3.05, 3.63) is 91.0 Å². The number of anilines is 2. The zero-order valence-electron chi connectivity index (χ0n) is 19.8. The predicted octanol–water partition coefficient (Wildman–Crippen LogP) is 5.94. The molecule has 1 N–H and O–H groups in total. The van der Waals surface area contributed by atoms with Crippen LogP contribution in [0.3, 0.4) is 0 Å². The first-order valence-electron chi connectivity index (χ1n) is 11.7. The third kappa shape index (κ3) is 4.55. The number of nitrogens with one attached hydrogen (secondary N) is 1. The summed E-state index contributed by atoms with van der Waals surface area (Å²) in [5, 5.41) is 14.1. The number of ether oxygens (including phenoxy) is 1. The maximum absolute atomic E-state index is 5.28. The minimum absolute atomic E-state index is 0.709. The molecule has 0 saturated heterocycles. The second kappa shape index (κ2) is 9.83. The second-order valence-corrected chi connectivity index (χ2v) is 9.59. The number of hydrogen-bond donors (Lipinski definition) is 1. The van der Waals surface area contributed by atoms with Crippen molar-refractivity contribution in [1.29, 1.82) is 0 Å². The topological polar surface area (TPSA) is 76.1 Å². The number of rotatable bonds is 6. The van der Waals surface area contributed by atoms with Crippen LogP contribution >= 0.6 is 11.8 Å². The molecule has 178 valence electrons. The Morgan fingerprint density at radius 1 is 1.00 bits per heavy atom. The zero-order chi connectivity index (χ0) is 24.3. The molecule has 0 atom stereocenters. The summed E-state index contributed by atoms with van der Waals surface area (Å²) in [6, 6.07) is 20.8. The number of fused-ring (bicyclic) bond motifs is 2. The molecule has 0 radical (unpaired) electrons. The summed E-state index contributed by atoms with van der Waals surface area (Å²) in [5.74, 6) is 1.52. The van der Waals surface area contributed by atoms with Crippen LogP contribution in [0.1, 0.15) is 6.42 Å². The summed E-state index contributed by atoms with van der Waals surface area (Å²) >= 11 is 1.69. The highest BCUT2D eigenvalue weighted by Gasteiger charge is 2.14. The van der Waals surface area contributed by atoms with E-state index in [2.05, 4.69) is 72.9 Å². The van der Waals surface area contributed by atoms with Gasteiger partial charge < -0.3 is 15.0 Å². The van der Waals surface area contributed by atoms with E-state index in [1.807, 2.05) is 30.5 Å². The smallest absolute Gasteiger partial charge is 0.160 e. The van der Waals surface area contributed by atoms with Crippen molar-refractivity contribution in [1.82, 2.24) is 20.2 Å². The monoisotopic (exact) mass is 492 g/mol. The molecule has 3 aromatic heterocycles. The summed E-state index contributed by atoms with van der Waals surface area (Å²) in [6.45, 7) is 1.78. The van der Waals surface area contributed by atoms with Gasteiger partial charge in [0.2, 0.25) is 0 Å². The lowest BCUT2D eigenvalue weighted by Gasteiger charge is -2.29. The van der Waals surface area contributed by atoms with Gasteiger partial charge in [-0.05, 0) is 36.4 Å². The first kappa shape index (κ1) is 22.3. The number of benzene rings is 2. The van der Waals surface area contributed by atoms with E-state index >= 15 is 0 Å². The van der Waals surface area contributed by atoms with Crippen molar-refractivity contribution >= 4 is 45.1 Å². The summed E-state index contributed by atoms with van der Waals surface area (Å²) < 4.78 is 5.28. The highest BCUT2D eigenvalue weighted by atomic mass is 32.2. The standard InChI is InChI=1S/C28H24N6OS/c1-35-22-16-25-27(30-18-22)26(10-13-29-25)36-23-8-6-21(7-9-23)34-14-11-20(12-15-34)32-28-24-5-3-2-4-19(24)17-31-33-28/h2-11,13,16-18H,12,14-15H2,1H3,(H,32,33). The normalized spacial score (nSPS) is 13.6. The molecule has 1 aliphatic rings. The third-order valence-corrected chi connectivity index (χ3v) is 7.30. The fourth-order valence-corrected chi connectivity index (χ4v) is 5.23. The minimum atomic E-state index is 0.709. The SMILES string of the molecule is COc1cnc2c(Sc3ccc(N4CC=C(Nc5nncc6ccccc56)CC4)cc3)ccnc2c1. The van der Waals surface area contributed by atoms with Gasteiger partial charge in [-0.3, -0.25) is 4.98 Å². The Labute approximate surface area is 213 Å². The van der Waals surface area contributed by atoms with E-state index in [1.165, 1.54) is 11.4 Å². The lowest BCUT2D eigenvalue weighted by atomic mass is 10.1.